The third-order valence-corrected chi connectivity index (χ3v) is 4.43. The summed E-state index contributed by atoms with van der Waals surface area (Å²) >= 11 is 15.8. The number of benzene rings is 1. The summed E-state index contributed by atoms with van der Waals surface area (Å²) in [6.07, 6.45) is 0. The highest BCUT2D eigenvalue weighted by Crippen LogP contribution is 2.30. The molecule has 2 rings (SSSR count). The highest BCUT2D eigenvalue weighted by Gasteiger charge is 2.14. The van der Waals surface area contributed by atoms with E-state index < -0.39 is 0 Å². The lowest BCUT2D eigenvalue weighted by Crippen LogP contribution is -2.07. The van der Waals surface area contributed by atoms with Crippen LogP contribution in [0.3, 0.4) is 0 Å². The summed E-state index contributed by atoms with van der Waals surface area (Å²) in [5.74, 6) is 0.756. The number of halogens is 3. The molecule has 1 aromatic heterocycles. The molecule has 0 aliphatic carbocycles. The fraction of sp³-hybridized carbons (Fsp3) is 0.357. The average molecular weight is 378 g/mol. The van der Waals surface area contributed by atoms with E-state index in [1.54, 1.807) is 0 Å². The van der Waals surface area contributed by atoms with Gasteiger partial charge in [-0.05, 0) is 26.0 Å². The Morgan fingerprint density at radius 3 is 2.75 bits per heavy atom. The van der Waals surface area contributed by atoms with Crippen LogP contribution in [0, 0.1) is 6.92 Å². The van der Waals surface area contributed by atoms with Crippen molar-refractivity contribution in [1.29, 1.82) is 0 Å². The number of alkyl halides is 1. The molecule has 0 aliphatic rings. The SMILES string of the molecule is CCn1nc(C)c(Cl)c1COc1cccc(Cl)c1CBr. The van der Waals surface area contributed by atoms with E-state index in [4.69, 9.17) is 27.9 Å². The standard InChI is InChI=1S/C14H15BrCl2N2O/c1-3-19-12(14(17)9(2)18-19)8-20-13-6-4-5-11(16)10(13)7-15/h4-6H,3,7-8H2,1-2H3. The lowest BCUT2D eigenvalue weighted by Gasteiger charge is -2.12. The van der Waals surface area contributed by atoms with Gasteiger partial charge in [-0.1, -0.05) is 45.2 Å². The van der Waals surface area contributed by atoms with Crippen molar-refractivity contribution in [1.82, 2.24) is 9.78 Å². The largest absolute Gasteiger partial charge is 0.487 e. The predicted molar refractivity (Wildman–Crippen MR) is 86.1 cm³/mol. The van der Waals surface area contributed by atoms with Crippen molar-refractivity contribution in [2.24, 2.45) is 0 Å². The van der Waals surface area contributed by atoms with Gasteiger partial charge in [-0.25, -0.2) is 0 Å². The molecule has 3 nitrogen and oxygen atoms in total. The molecule has 0 atom stereocenters. The molecule has 0 radical (unpaired) electrons. The quantitative estimate of drug-likeness (QED) is 0.686. The van der Waals surface area contributed by atoms with Crippen molar-refractivity contribution >= 4 is 39.1 Å². The van der Waals surface area contributed by atoms with Crippen LogP contribution in [0.1, 0.15) is 23.9 Å². The number of rotatable bonds is 5. The van der Waals surface area contributed by atoms with Gasteiger partial charge in [0.05, 0.1) is 16.4 Å². The van der Waals surface area contributed by atoms with Gasteiger partial charge in [0.15, 0.2) is 0 Å². The zero-order valence-corrected chi connectivity index (χ0v) is 14.4. The van der Waals surface area contributed by atoms with Gasteiger partial charge in [0.1, 0.15) is 12.4 Å². The number of hydrogen-bond acceptors (Lipinski definition) is 2. The molecule has 0 saturated carbocycles. The van der Waals surface area contributed by atoms with E-state index in [1.807, 2.05) is 36.7 Å². The topological polar surface area (TPSA) is 27.1 Å². The fourth-order valence-corrected chi connectivity index (χ4v) is 3.12. The van der Waals surface area contributed by atoms with Crippen molar-refractivity contribution in [2.75, 3.05) is 0 Å². The van der Waals surface area contributed by atoms with Gasteiger partial charge in [0, 0.05) is 22.5 Å². The van der Waals surface area contributed by atoms with Crippen molar-refractivity contribution < 1.29 is 4.74 Å². The summed E-state index contributed by atoms with van der Waals surface area (Å²) < 4.78 is 7.73. The molecular formula is C14H15BrCl2N2O. The molecule has 0 unspecified atom stereocenters. The molecule has 108 valence electrons. The third-order valence-electron chi connectivity index (χ3n) is 3.03. The molecular weight excluding hydrogens is 363 g/mol. The van der Waals surface area contributed by atoms with Crippen LogP contribution in [0.2, 0.25) is 10.0 Å². The van der Waals surface area contributed by atoms with E-state index in [2.05, 4.69) is 21.0 Å². The molecule has 20 heavy (non-hydrogen) atoms. The maximum Gasteiger partial charge on any atom is 0.131 e. The normalized spacial score (nSPS) is 10.8. The minimum atomic E-state index is 0.369. The van der Waals surface area contributed by atoms with Crippen LogP contribution in [0.15, 0.2) is 18.2 Å². The van der Waals surface area contributed by atoms with E-state index in [1.165, 1.54) is 0 Å². The number of aryl methyl sites for hydroxylation is 2. The minimum absolute atomic E-state index is 0.369. The zero-order valence-electron chi connectivity index (χ0n) is 11.3. The Bertz CT molecular complexity index is 613. The number of hydrogen-bond donors (Lipinski definition) is 0. The average Bonchev–Trinajstić information content (AvgIpc) is 2.72. The first kappa shape index (κ1) is 15.7. The molecule has 6 heteroatoms. The lowest BCUT2D eigenvalue weighted by atomic mass is 10.2. The van der Waals surface area contributed by atoms with Crippen molar-refractivity contribution in [2.45, 2.75) is 32.3 Å². The Morgan fingerprint density at radius 1 is 1.35 bits per heavy atom. The monoisotopic (exact) mass is 376 g/mol. The Balaban J connectivity index is 2.23. The molecule has 2 aromatic rings. The third kappa shape index (κ3) is 3.13. The van der Waals surface area contributed by atoms with Gasteiger partial charge >= 0.3 is 0 Å². The number of aromatic nitrogens is 2. The van der Waals surface area contributed by atoms with Crippen LogP contribution in [0.5, 0.6) is 5.75 Å². The van der Waals surface area contributed by atoms with Gasteiger partial charge in [0.2, 0.25) is 0 Å². The first-order valence-corrected chi connectivity index (χ1v) is 8.14. The molecule has 0 saturated heterocycles. The van der Waals surface area contributed by atoms with E-state index in [-0.39, 0.29) is 0 Å². The molecule has 0 aliphatic heterocycles. The Kier molecular flexibility index (Phi) is 5.35. The van der Waals surface area contributed by atoms with Crippen molar-refractivity contribution in [3.05, 3.63) is 45.2 Å². The van der Waals surface area contributed by atoms with E-state index in [0.29, 0.717) is 22.0 Å². The molecule has 0 amide bonds. The molecule has 0 N–H and O–H groups in total. The first-order chi connectivity index (χ1) is 9.58. The van der Waals surface area contributed by atoms with Crippen LogP contribution in [0.4, 0.5) is 0 Å². The van der Waals surface area contributed by atoms with Gasteiger partial charge in [-0.3, -0.25) is 4.68 Å². The summed E-state index contributed by atoms with van der Waals surface area (Å²) in [6, 6.07) is 5.61. The van der Waals surface area contributed by atoms with Gasteiger partial charge in [-0.2, -0.15) is 5.10 Å². The van der Waals surface area contributed by atoms with Gasteiger partial charge < -0.3 is 4.74 Å². The molecule has 0 fully saturated rings. The Hall–Kier alpha value is -0.710. The van der Waals surface area contributed by atoms with E-state index >= 15 is 0 Å². The van der Waals surface area contributed by atoms with E-state index in [9.17, 15) is 0 Å². The lowest BCUT2D eigenvalue weighted by molar-refractivity contribution is 0.290. The maximum absolute atomic E-state index is 6.27. The smallest absolute Gasteiger partial charge is 0.131 e. The second kappa shape index (κ2) is 6.83. The molecule has 0 spiro atoms. The van der Waals surface area contributed by atoms with Crippen LogP contribution in [-0.2, 0) is 18.5 Å². The van der Waals surface area contributed by atoms with Gasteiger partial charge in [0.25, 0.3) is 0 Å². The van der Waals surface area contributed by atoms with Crippen LogP contribution in [0.25, 0.3) is 0 Å². The summed E-state index contributed by atoms with van der Waals surface area (Å²) in [7, 11) is 0. The molecule has 0 bridgehead atoms. The maximum atomic E-state index is 6.27. The fourth-order valence-electron chi connectivity index (χ4n) is 1.96. The number of nitrogens with zero attached hydrogens (tertiary/aromatic N) is 2. The van der Waals surface area contributed by atoms with Crippen LogP contribution in [-0.4, -0.2) is 9.78 Å². The Labute approximate surface area is 137 Å². The molecule has 1 aromatic carbocycles. The highest BCUT2D eigenvalue weighted by molar-refractivity contribution is 9.08. The minimum Gasteiger partial charge on any atom is -0.487 e. The van der Waals surface area contributed by atoms with Crippen molar-refractivity contribution in [3.63, 3.8) is 0 Å². The van der Waals surface area contributed by atoms with Crippen LogP contribution >= 0.6 is 39.1 Å². The second-order valence-electron chi connectivity index (χ2n) is 4.30. The van der Waals surface area contributed by atoms with Crippen LogP contribution < -0.4 is 4.74 Å². The van der Waals surface area contributed by atoms with E-state index in [0.717, 1.165) is 29.2 Å². The summed E-state index contributed by atoms with van der Waals surface area (Å²) in [5.41, 5.74) is 2.63. The first-order valence-electron chi connectivity index (χ1n) is 6.26. The highest BCUT2D eigenvalue weighted by atomic mass is 79.9. The zero-order chi connectivity index (χ0) is 14.7. The van der Waals surface area contributed by atoms with Gasteiger partial charge in [-0.15, -0.1) is 0 Å². The Morgan fingerprint density at radius 2 is 2.10 bits per heavy atom. The molecule has 1 heterocycles. The number of ether oxygens (including phenoxy) is 1. The summed E-state index contributed by atoms with van der Waals surface area (Å²) in [5, 5.41) is 6.36. The second-order valence-corrected chi connectivity index (χ2v) is 5.65. The predicted octanol–water partition coefficient (Wildman–Crippen LogP) is 4.99. The summed E-state index contributed by atoms with van der Waals surface area (Å²) in [6.45, 7) is 5.04. The van der Waals surface area contributed by atoms with Crippen molar-refractivity contribution in [3.8, 4) is 5.75 Å². The summed E-state index contributed by atoms with van der Waals surface area (Å²) in [4.78, 5) is 0.